The average Bonchev–Trinajstić information content (AvgIpc) is 3.16. The lowest BCUT2D eigenvalue weighted by Gasteiger charge is -2.37. The third-order valence-corrected chi connectivity index (χ3v) is 10.3. The zero-order valence-electron chi connectivity index (χ0n) is 29.9. The number of halogens is 3. The maximum atomic E-state index is 13.4. The van der Waals surface area contributed by atoms with Crippen molar-refractivity contribution in [3.63, 3.8) is 0 Å². The molecule has 6 nitrogen and oxygen atoms in total. The van der Waals surface area contributed by atoms with E-state index >= 15 is 0 Å². The Labute approximate surface area is 312 Å². The molecule has 2 saturated carbocycles. The molecule has 0 radical (unpaired) electrons. The highest BCUT2D eigenvalue weighted by atomic mass is 35.5. The predicted octanol–water partition coefficient (Wildman–Crippen LogP) is 8.86. The van der Waals surface area contributed by atoms with Gasteiger partial charge in [0.05, 0.1) is 36.8 Å². The SMILES string of the molecule is COC(=O)C1(Cc2ccc(F)cc2)CCCC(N)C1.COC(=O)C1(Cc2ccc(F)cc2)CCCC(N=C(c2ccccc2)c2ccccc2)C1.Cl. The molecule has 0 spiro atoms. The smallest absolute Gasteiger partial charge is 0.312 e. The number of methoxy groups -OCH3 is 2. The number of aliphatic imine (C=N–C) groups is 1. The third kappa shape index (κ3) is 10.4. The molecule has 0 amide bonds. The number of nitrogens with zero attached hydrogens (tertiary/aromatic N) is 1. The summed E-state index contributed by atoms with van der Waals surface area (Å²) in [6.07, 6.45) is 7.55. The molecule has 4 aromatic carbocycles. The van der Waals surface area contributed by atoms with Gasteiger partial charge in [0.25, 0.3) is 0 Å². The Morgan fingerprint density at radius 2 is 1.10 bits per heavy atom. The van der Waals surface area contributed by atoms with E-state index in [2.05, 4.69) is 24.3 Å². The molecule has 0 saturated heterocycles. The molecule has 9 heteroatoms. The summed E-state index contributed by atoms with van der Waals surface area (Å²) in [4.78, 5) is 30.3. The molecule has 0 aliphatic heterocycles. The van der Waals surface area contributed by atoms with Gasteiger partial charge in [-0.25, -0.2) is 8.78 Å². The van der Waals surface area contributed by atoms with Crippen LogP contribution in [0.25, 0.3) is 0 Å². The van der Waals surface area contributed by atoms with Crippen LogP contribution in [0.3, 0.4) is 0 Å². The van der Waals surface area contributed by atoms with Gasteiger partial charge in [0.1, 0.15) is 11.6 Å². The van der Waals surface area contributed by atoms with Crippen molar-refractivity contribution in [2.45, 2.75) is 76.3 Å². The summed E-state index contributed by atoms with van der Waals surface area (Å²) in [7, 11) is 2.86. The number of ether oxygens (including phenoxy) is 2. The van der Waals surface area contributed by atoms with Gasteiger partial charge in [-0.05, 0) is 86.8 Å². The van der Waals surface area contributed by atoms with E-state index in [4.69, 9.17) is 20.2 Å². The van der Waals surface area contributed by atoms with Crippen LogP contribution in [0.5, 0.6) is 0 Å². The van der Waals surface area contributed by atoms with Crippen LogP contribution in [0.4, 0.5) is 8.78 Å². The van der Waals surface area contributed by atoms with Crippen LogP contribution in [-0.4, -0.2) is 44.0 Å². The first-order valence-corrected chi connectivity index (χ1v) is 17.8. The highest BCUT2D eigenvalue weighted by Gasteiger charge is 2.44. The first-order valence-electron chi connectivity index (χ1n) is 17.8. The molecule has 2 aliphatic rings. The topological polar surface area (TPSA) is 91.0 Å². The molecule has 6 rings (SSSR count). The van der Waals surface area contributed by atoms with E-state index in [0.717, 1.165) is 66.5 Å². The molecule has 4 aromatic rings. The molecule has 4 atom stereocenters. The third-order valence-electron chi connectivity index (χ3n) is 10.3. The summed E-state index contributed by atoms with van der Waals surface area (Å²) in [5, 5.41) is 0. The number of hydrogen-bond acceptors (Lipinski definition) is 6. The molecule has 2 N–H and O–H groups in total. The van der Waals surface area contributed by atoms with Crippen molar-refractivity contribution in [2.24, 2.45) is 21.6 Å². The van der Waals surface area contributed by atoms with Crippen LogP contribution < -0.4 is 5.73 Å². The largest absolute Gasteiger partial charge is 0.469 e. The summed E-state index contributed by atoms with van der Waals surface area (Å²) in [6, 6.07) is 33.1. The van der Waals surface area contributed by atoms with Gasteiger partial charge in [0, 0.05) is 17.2 Å². The van der Waals surface area contributed by atoms with Crippen LogP contribution in [0.15, 0.2) is 114 Å². The summed E-state index contributed by atoms with van der Waals surface area (Å²) < 4.78 is 36.6. The zero-order chi connectivity index (χ0) is 36.3. The van der Waals surface area contributed by atoms with Crippen molar-refractivity contribution in [3.8, 4) is 0 Å². The molecular formula is C43H49ClF2N2O4. The lowest BCUT2D eigenvalue weighted by molar-refractivity contribution is -0.156. The highest BCUT2D eigenvalue weighted by Crippen LogP contribution is 2.42. The van der Waals surface area contributed by atoms with Crippen molar-refractivity contribution in [2.75, 3.05) is 14.2 Å². The van der Waals surface area contributed by atoms with E-state index in [9.17, 15) is 18.4 Å². The molecular weight excluding hydrogens is 682 g/mol. The number of carbonyl (C=O) groups excluding carboxylic acids is 2. The van der Waals surface area contributed by atoms with Crippen LogP contribution in [-0.2, 0) is 31.9 Å². The summed E-state index contributed by atoms with van der Waals surface area (Å²) in [5.74, 6) is -0.951. The predicted molar refractivity (Wildman–Crippen MR) is 204 cm³/mol. The molecule has 2 aliphatic carbocycles. The maximum Gasteiger partial charge on any atom is 0.312 e. The fraction of sp³-hybridized carbons (Fsp3) is 0.372. The lowest BCUT2D eigenvalue weighted by Crippen LogP contribution is -2.43. The van der Waals surface area contributed by atoms with Crippen molar-refractivity contribution in [3.05, 3.63) is 143 Å². The Balaban J connectivity index is 0.000000259. The normalized spacial score (nSPS) is 22.4. The average molecular weight is 731 g/mol. The molecule has 2 fully saturated rings. The molecule has 276 valence electrons. The maximum absolute atomic E-state index is 13.4. The van der Waals surface area contributed by atoms with Crippen molar-refractivity contribution < 1.29 is 27.8 Å². The minimum absolute atomic E-state index is 0. The van der Waals surface area contributed by atoms with Crippen LogP contribution in [0.2, 0.25) is 0 Å². The molecule has 4 unspecified atom stereocenters. The van der Waals surface area contributed by atoms with Gasteiger partial charge in [0.15, 0.2) is 0 Å². The number of benzene rings is 4. The van der Waals surface area contributed by atoms with Crippen LogP contribution in [0, 0.1) is 22.5 Å². The molecule has 52 heavy (non-hydrogen) atoms. The second-order valence-corrected chi connectivity index (χ2v) is 14.0. The van der Waals surface area contributed by atoms with Gasteiger partial charge < -0.3 is 15.2 Å². The van der Waals surface area contributed by atoms with Gasteiger partial charge in [-0.15, -0.1) is 12.4 Å². The lowest BCUT2D eigenvalue weighted by atomic mass is 9.68. The fourth-order valence-electron chi connectivity index (χ4n) is 7.80. The standard InChI is InChI=1S/C28H28FNO2.C15H20FNO2.ClH/c1-32-27(31)28(19-21-14-16-24(29)17-15-21)18-8-13-25(20-28)30-26(22-9-4-2-5-10-22)23-11-6-3-7-12-23;1-19-14(18)15(8-2-3-13(17)10-15)9-11-4-6-12(16)7-5-11;/h2-7,9-12,14-17,25H,8,13,18-20H2,1H3;4-7,13H,2-3,8-10,17H2,1H3;1H. The second kappa shape index (κ2) is 18.9. The quantitative estimate of drug-likeness (QED) is 0.137. The van der Waals surface area contributed by atoms with Crippen LogP contribution >= 0.6 is 12.4 Å². The Morgan fingerprint density at radius 3 is 1.52 bits per heavy atom. The van der Waals surface area contributed by atoms with E-state index in [1.807, 2.05) is 36.4 Å². The van der Waals surface area contributed by atoms with Gasteiger partial charge >= 0.3 is 11.9 Å². The van der Waals surface area contributed by atoms with E-state index in [0.29, 0.717) is 25.7 Å². The second-order valence-electron chi connectivity index (χ2n) is 14.0. The molecule has 0 aromatic heterocycles. The number of esters is 2. The molecule has 0 bridgehead atoms. The Morgan fingerprint density at radius 1 is 0.673 bits per heavy atom. The van der Waals surface area contributed by atoms with E-state index < -0.39 is 10.8 Å². The zero-order valence-corrected chi connectivity index (χ0v) is 30.8. The number of nitrogens with two attached hydrogens (primary N) is 1. The van der Waals surface area contributed by atoms with E-state index in [1.165, 1.54) is 38.5 Å². The summed E-state index contributed by atoms with van der Waals surface area (Å²) >= 11 is 0. The highest BCUT2D eigenvalue weighted by molar-refractivity contribution is 6.13. The number of carbonyl (C=O) groups is 2. The van der Waals surface area contributed by atoms with Crippen molar-refractivity contribution in [1.82, 2.24) is 0 Å². The monoisotopic (exact) mass is 730 g/mol. The Hall–Kier alpha value is -4.40. The van der Waals surface area contributed by atoms with E-state index in [-0.39, 0.29) is 48.1 Å². The van der Waals surface area contributed by atoms with Crippen molar-refractivity contribution in [1.29, 1.82) is 0 Å². The Kier molecular flexibility index (Phi) is 14.7. The number of rotatable bonds is 9. The minimum Gasteiger partial charge on any atom is -0.469 e. The first-order chi connectivity index (χ1) is 24.6. The van der Waals surface area contributed by atoms with Gasteiger partial charge in [-0.2, -0.15) is 0 Å². The summed E-state index contributed by atoms with van der Waals surface area (Å²) in [5.41, 5.74) is 9.76. The minimum atomic E-state index is -0.655. The van der Waals surface area contributed by atoms with Crippen LogP contribution in [0.1, 0.15) is 73.6 Å². The van der Waals surface area contributed by atoms with Crippen molar-refractivity contribution >= 4 is 30.1 Å². The summed E-state index contributed by atoms with van der Waals surface area (Å²) in [6.45, 7) is 0. The van der Waals surface area contributed by atoms with Gasteiger partial charge in [-0.3, -0.25) is 14.6 Å². The number of hydrogen-bond donors (Lipinski definition) is 1. The van der Waals surface area contributed by atoms with E-state index in [1.54, 1.807) is 24.3 Å². The molecule has 0 heterocycles. The Bertz CT molecular complexity index is 1710. The fourth-order valence-corrected chi connectivity index (χ4v) is 7.80. The first kappa shape index (κ1) is 40.4. The van der Waals surface area contributed by atoms with Gasteiger partial charge in [-0.1, -0.05) is 97.8 Å². The van der Waals surface area contributed by atoms with Gasteiger partial charge in [0.2, 0.25) is 0 Å².